The predicted octanol–water partition coefficient (Wildman–Crippen LogP) is 3.55. The van der Waals surface area contributed by atoms with Crippen LogP contribution in [0, 0.1) is 5.82 Å². The van der Waals surface area contributed by atoms with Crippen LogP contribution in [0.15, 0.2) is 35.7 Å². The van der Waals surface area contributed by atoms with Crippen LogP contribution in [0.25, 0.3) is 0 Å². The highest BCUT2D eigenvalue weighted by Crippen LogP contribution is 2.23. The molecule has 0 bridgehead atoms. The zero-order chi connectivity index (χ0) is 13.8. The number of nitrogens with two attached hydrogens (primary N) is 1. The lowest BCUT2D eigenvalue weighted by Crippen LogP contribution is -2.23. The lowest BCUT2D eigenvalue weighted by molar-refractivity contribution is 0.618. The van der Waals surface area contributed by atoms with Gasteiger partial charge in [0.05, 0.1) is 12.2 Å². The van der Waals surface area contributed by atoms with Gasteiger partial charge in [0, 0.05) is 17.0 Å². The van der Waals surface area contributed by atoms with Crippen molar-refractivity contribution in [3.8, 4) is 0 Å². The number of hydrogen-bond acceptors (Lipinski definition) is 3. The van der Waals surface area contributed by atoms with Crippen LogP contribution in [0.3, 0.4) is 0 Å². The summed E-state index contributed by atoms with van der Waals surface area (Å²) >= 11 is 6.52. The van der Waals surface area contributed by atoms with Crippen LogP contribution in [0.1, 0.15) is 17.4 Å². The summed E-state index contributed by atoms with van der Waals surface area (Å²) in [6.07, 6.45) is 0. The smallest absolute Gasteiger partial charge is 0.147 e. The van der Waals surface area contributed by atoms with E-state index in [4.69, 9.17) is 18.0 Å². The van der Waals surface area contributed by atoms with Gasteiger partial charge < -0.3 is 10.6 Å². The van der Waals surface area contributed by atoms with Gasteiger partial charge in [-0.25, -0.2) is 4.39 Å². The van der Waals surface area contributed by atoms with Gasteiger partial charge in [-0.3, -0.25) is 0 Å². The van der Waals surface area contributed by atoms with Gasteiger partial charge in [-0.15, -0.1) is 11.3 Å². The van der Waals surface area contributed by atoms with Gasteiger partial charge in [0.2, 0.25) is 0 Å². The molecule has 1 aromatic heterocycles. The van der Waals surface area contributed by atoms with E-state index in [0.717, 1.165) is 6.54 Å². The standard InChI is InChI=1S/C14H15FN2S2/c1-2-17(9-11-4-3-7-19-11)13-6-5-10(14(16)18)8-12(13)15/h3-8H,2,9H2,1H3,(H2,16,18). The minimum absolute atomic E-state index is 0.215. The second kappa shape index (κ2) is 6.12. The van der Waals surface area contributed by atoms with Crippen LogP contribution < -0.4 is 10.6 Å². The van der Waals surface area contributed by atoms with Gasteiger partial charge in [-0.2, -0.15) is 0 Å². The summed E-state index contributed by atoms with van der Waals surface area (Å²) in [5, 5.41) is 2.02. The highest BCUT2D eigenvalue weighted by molar-refractivity contribution is 7.80. The minimum atomic E-state index is -0.288. The Labute approximate surface area is 121 Å². The molecule has 100 valence electrons. The molecule has 5 heteroatoms. The molecular formula is C14H15FN2S2. The lowest BCUT2D eigenvalue weighted by atomic mass is 10.2. The maximum atomic E-state index is 14.1. The second-order valence-corrected chi connectivity index (χ2v) is 5.60. The van der Waals surface area contributed by atoms with Gasteiger partial charge in [0.25, 0.3) is 0 Å². The minimum Gasteiger partial charge on any atom is -0.389 e. The Kier molecular flexibility index (Phi) is 4.50. The molecule has 2 nitrogen and oxygen atoms in total. The zero-order valence-electron chi connectivity index (χ0n) is 10.6. The molecule has 0 unspecified atom stereocenters. The lowest BCUT2D eigenvalue weighted by Gasteiger charge is -2.23. The molecule has 0 saturated heterocycles. The van der Waals surface area contributed by atoms with Crippen molar-refractivity contribution >= 4 is 34.2 Å². The number of rotatable bonds is 5. The number of hydrogen-bond donors (Lipinski definition) is 1. The molecule has 1 aromatic carbocycles. The van der Waals surface area contributed by atoms with E-state index in [-0.39, 0.29) is 10.8 Å². The van der Waals surface area contributed by atoms with Crippen molar-refractivity contribution in [1.29, 1.82) is 0 Å². The van der Waals surface area contributed by atoms with Gasteiger partial charge in [-0.1, -0.05) is 18.3 Å². The molecule has 0 fully saturated rings. The Morgan fingerprint density at radius 2 is 2.21 bits per heavy atom. The Morgan fingerprint density at radius 3 is 2.74 bits per heavy atom. The number of anilines is 1. The van der Waals surface area contributed by atoms with E-state index in [2.05, 4.69) is 6.07 Å². The Morgan fingerprint density at radius 1 is 1.42 bits per heavy atom. The van der Waals surface area contributed by atoms with Crippen molar-refractivity contribution < 1.29 is 4.39 Å². The molecule has 0 radical (unpaired) electrons. The Hall–Kier alpha value is -1.46. The average Bonchev–Trinajstić information content (AvgIpc) is 2.89. The van der Waals surface area contributed by atoms with Gasteiger partial charge in [0.15, 0.2) is 0 Å². The van der Waals surface area contributed by atoms with Crippen molar-refractivity contribution in [3.05, 3.63) is 52.0 Å². The van der Waals surface area contributed by atoms with E-state index in [1.807, 2.05) is 23.3 Å². The molecule has 0 aliphatic carbocycles. The molecule has 0 atom stereocenters. The molecule has 0 aliphatic heterocycles. The van der Waals surface area contributed by atoms with Crippen molar-refractivity contribution in [3.63, 3.8) is 0 Å². The quantitative estimate of drug-likeness (QED) is 0.855. The fraction of sp³-hybridized carbons (Fsp3) is 0.214. The van der Waals surface area contributed by atoms with Crippen LogP contribution in [0.2, 0.25) is 0 Å². The third kappa shape index (κ3) is 3.30. The van der Waals surface area contributed by atoms with Gasteiger partial charge in [-0.05, 0) is 36.6 Å². The highest BCUT2D eigenvalue weighted by atomic mass is 32.1. The fourth-order valence-corrected chi connectivity index (χ4v) is 2.72. The normalized spacial score (nSPS) is 10.4. The van der Waals surface area contributed by atoms with Gasteiger partial charge in [0.1, 0.15) is 10.8 Å². The highest BCUT2D eigenvalue weighted by Gasteiger charge is 2.12. The first-order chi connectivity index (χ1) is 9.11. The van der Waals surface area contributed by atoms with E-state index in [9.17, 15) is 4.39 Å². The summed E-state index contributed by atoms with van der Waals surface area (Å²) in [4.78, 5) is 3.41. The monoisotopic (exact) mass is 294 g/mol. The molecule has 2 rings (SSSR count). The largest absolute Gasteiger partial charge is 0.389 e. The molecular weight excluding hydrogens is 279 g/mol. The summed E-state index contributed by atoms with van der Waals surface area (Å²) in [5.74, 6) is -0.288. The van der Waals surface area contributed by atoms with Crippen LogP contribution in [-0.4, -0.2) is 11.5 Å². The summed E-state index contributed by atoms with van der Waals surface area (Å²) in [6, 6.07) is 8.95. The summed E-state index contributed by atoms with van der Waals surface area (Å²) in [6.45, 7) is 3.45. The first kappa shape index (κ1) is 14.0. The number of thiophene rings is 1. The molecule has 0 amide bonds. The van der Waals surface area contributed by atoms with Crippen molar-refractivity contribution in [2.45, 2.75) is 13.5 Å². The van der Waals surface area contributed by atoms with E-state index < -0.39 is 0 Å². The average molecular weight is 294 g/mol. The topological polar surface area (TPSA) is 29.3 Å². The Balaban J connectivity index is 2.25. The van der Waals surface area contributed by atoms with Crippen molar-refractivity contribution in [1.82, 2.24) is 0 Å². The molecule has 19 heavy (non-hydrogen) atoms. The van der Waals surface area contributed by atoms with E-state index in [0.29, 0.717) is 17.8 Å². The maximum Gasteiger partial charge on any atom is 0.147 e. The fourth-order valence-electron chi connectivity index (χ4n) is 1.87. The molecule has 0 aliphatic rings. The molecule has 0 spiro atoms. The third-order valence-electron chi connectivity index (χ3n) is 2.88. The van der Waals surface area contributed by atoms with Gasteiger partial charge >= 0.3 is 0 Å². The van der Waals surface area contributed by atoms with Crippen LogP contribution in [-0.2, 0) is 6.54 Å². The number of halogens is 1. The van der Waals surface area contributed by atoms with Crippen molar-refractivity contribution in [2.24, 2.45) is 5.73 Å². The first-order valence-electron chi connectivity index (χ1n) is 5.98. The Bertz CT molecular complexity index is 567. The number of nitrogens with zero attached hydrogens (tertiary/aromatic N) is 1. The number of benzene rings is 1. The van der Waals surface area contributed by atoms with Crippen LogP contribution in [0.5, 0.6) is 0 Å². The molecule has 2 N–H and O–H groups in total. The second-order valence-electron chi connectivity index (χ2n) is 4.12. The maximum absolute atomic E-state index is 14.1. The van der Waals surface area contributed by atoms with E-state index in [1.54, 1.807) is 23.5 Å². The van der Waals surface area contributed by atoms with E-state index >= 15 is 0 Å². The van der Waals surface area contributed by atoms with E-state index in [1.165, 1.54) is 10.9 Å². The SMILES string of the molecule is CCN(Cc1cccs1)c1ccc(C(N)=S)cc1F. The third-order valence-corrected chi connectivity index (χ3v) is 3.98. The molecule has 2 aromatic rings. The first-order valence-corrected chi connectivity index (χ1v) is 7.27. The summed E-state index contributed by atoms with van der Waals surface area (Å²) < 4.78 is 14.1. The molecule has 1 heterocycles. The summed E-state index contributed by atoms with van der Waals surface area (Å²) in [7, 11) is 0. The zero-order valence-corrected chi connectivity index (χ0v) is 12.2. The van der Waals surface area contributed by atoms with Crippen LogP contribution in [0.4, 0.5) is 10.1 Å². The molecule has 0 saturated carbocycles. The van der Waals surface area contributed by atoms with Crippen molar-refractivity contribution in [2.75, 3.05) is 11.4 Å². The predicted molar refractivity (Wildman–Crippen MR) is 83.3 cm³/mol. The number of thiocarbonyl (C=S) groups is 1. The summed E-state index contributed by atoms with van der Waals surface area (Å²) in [5.41, 5.74) is 6.64. The van der Waals surface area contributed by atoms with Crippen LogP contribution >= 0.6 is 23.6 Å².